The number of halogens is 4. The Morgan fingerprint density at radius 1 is 1.04 bits per heavy atom. The maximum Gasteiger partial charge on any atom is 0.350 e. The normalized spacial score (nSPS) is 10.8. The molecule has 0 aliphatic rings. The van der Waals surface area contributed by atoms with Crippen LogP contribution in [0.2, 0.25) is 20.1 Å². The van der Waals surface area contributed by atoms with Crippen LogP contribution in [-0.4, -0.2) is 18.5 Å². The first-order chi connectivity index (χ1) is 12.4. The molecule has 0 unspecified atom stereocenters. The highest BCUT2D eigenvalue weighted by Gasteiger charge is 2.20. The average Bonchev–Trinajstić information content (AvgIpc) is 2.92. The van der Waals surface area contributed by atoms with Crippen molar-refractivity contribution in [2.45, 2.75) is 0 Å². The Bertz CT molecular complexity index is 998. The molecule has 0 radical (unpaired) electrons. The summed E-state index contributed by atoms with van der Waals surface area (Å²) in [4.78, 5) is 24.5. The van der Waals surface area contributed by atoms with Crippen molar-refractivity contribution >= 4 is 85.4 Å². The maximum absolute atomic E-state index is 12.2. The van der Waals surface area contributed by atoms with E-state index in [4.69, 9.17) is 51.1 Å². The lowest BCUT2D eigenvalue weighted by molar-refractivity contribution is -0.119. The third kappa shape index (κ3) is 4.08. The summed E-state index contributed by atoms with van der Waals surface area (Å²) >= 11 is 25.3. The highest BCUT2D eigenvalue weighted by Crippen LogP contribution is 2.37. The average molecular weight is 449 g/mol. The number of thiophene rings is 1. The minimum atomic E-state index is -0.701. The van der Waals surface area contributed by atoms with Crippen molar-refractivity contribution in [2.24, 2.45) is 0 Å². The van der Waals surface area contributed by atoms with Crippen molar-refractivity contribution in [1.82, 2.24) is 0 Å². The van der Waals surface area contributed by atoms with Gasteiger partial charge in [0.2, 0.25) is 0 Å². The van der Waals surface area contributed by atoms with Gasteiger partial charge in [0.25, 0.3) is 5.91 Å². The van der Waals surface area contributed by atoms with Gasteiger partial charge < -0.3 is 10.1 Å². The molecule has 0 fully saturated rings. The molecule has 1 aromatic heterocycles. The van der Waals surface area contributed by atoms with E-state index in [-0.39, 0.29) is 25.6 Å². The van der Waals surface area contributed by atoms with E-state index in [0.717, 1.165) is 16.0 Å². The summed E-state index contributed by atoms with van der Waals surface area (Å²) in [6.45, 7) is -0.508. The van der Waals surface area contributed by atoms with Gasteiger partial charge in [-0.1, -0.05) is 58.5 Å². The molecule has 0 atom stereocenters. The Hall–Kier alpha value is -1.50. The number of nitrogens with one attached hydrogen (secondary N) is 1. The second-order valence-corrected chi connectivity index (χ2v) is 7.79. The van der Waals surface area contributed by atoms with Crippen LogP contribution in [0.25, 0.3) is 10.1 Å². The van der Waals surface area contributed by atoms with Crippen LogP contribution in [0.1, 0.15) is 9.67 Å². The first-order valence-electron chi connectivity index (χ1n) is 7.15. The summed E-state index contributed by atoms with van der Waals surface area (Å²) in [5, 5.41) is 4.56. The van der Waals surface area contributed by atoms with Gasteiger partial charge in [-0.05, 0) is 24.3 Å². The second kappa shape index (κ2) is 8.03. The first-order valence-corrected chi connectivity index (χ1v) is 9.48. The lowest BCUT2D eigenvalue weighted by atomic mass is 10.2. The minimum Gasteiger partial charge on any atom is -0.451 e. The van der Waals surface area contributed by atoms with Gasteiger partial charge in [-0.3, -0.25) is 4.79 Å². The zero-order valence-corrected chi connectivity index (χ0v) is 16.7. The fourth-order valence-corrected chi connectivity index (χ4v) is 4.33. The van der Waals surface area contributed by atoms with E-state index in [0.29, 0.717) is 10.4 Å². The summed E-state index contributed by atoms with van der Waals surface area (Å²) in [5.41, 5.74) is 0.256. The van der Waals surface area contributed by atoms with Crippen LogP contribution in [0.5, 0.6) is 0 Å². The quantitative estimate of drug-likeness (QED) is 0.475. The number of benzene rings is 2. The van der Waals surface area contributed by atoms with Gasteiger partial charge in [-0.15, -0.1) is 11.3 Å². The van der Waals surface area contributed by atoms with Gasteiger partial charge in [0.05, 0.1) is 20.8 Å². The molecule has 3 aromatic rings. The molecule has 134 valence electrons. The first kappa shape index (κ1) is 19.3. The number of anilines is 1. The monoisotopic (exact) mass is 447 g/mol. The highest BCUT2D eigenvalue weighted by atomic mass is 35.5. The number of hydrogen-bond acceptors (Lipinski definition) is 4. The van der Waals surface area contributed by atoms with Crippen LogP contribution in [0.15, 0.2) is 36.4 Å². The molecule has 26 heavy (non-hydrogen) atoms. The van der Waals surface area contributed by atoms with Crippen LogP contribution in [0.3, 0.4) is 0 Å². The van der Waals surface area contributed by atoms with Crippen LogP contribution < -0.4 is 5.32 Å². The Balaban J connectivity index is 1.69. The SMILES string of the molecule is O=C(COC(=O)c1sc2cc(Cl)ccc2c1Cl)Nc1c(Cl)cccc1Cl. The summed E-state index contributed by atoms with van der Waals surface area (Å²) in [6, 6.07) is 9.92. The molecule has 1 amide bonds. The number of hydrogen-bond donors (Lipinski definition) is 1. The Morgan fingerprint density at radius 3 is 2.42 bits per heavy atom. The third-order valence-electron chi connectivity index (χ3n) is 3.34. The fourth-order valence-electron chi connectivity index (χ4n) is 2.16. The third-order valence-corrected chi connectivity index (χ3v) is 5.84. The van der Waals surface area contributed by atoms with E-state index >= 15 is 0 Å². The molecule has 0 aliphatic heterocycles. The van der Waals surface area contributed by atoms with E-state index in [2.05, 4.69) is 5.32 Å². The van der Waals surface area contributed by atoms with E-state index in [9.17, 15) is 9.59 Å². The number of ether oxygens (including phenoxy) is 1. The number of carbonyl (C=O) groups is 2. The minimum absolute atomic E-state index is 0.201. The molecule has 0 saturated carbocycles. The molecule has 0 bridgehead atoms. The van der Waals surface area contributed by atoms with Gasteiger partial charge in [-0.2, -0.15) is 0 Å². The molecule has 9 heteroatoms. The van der Waals surface area contributed by atoms with Crippen molar-refractivity contribution < 1.29 is 14.3 Å². The summed E-state index contributed by atoms with van der Waals surface area (Å²) in [7, 11) is 0. The second-order valence-electron chi connectivity index (χ2n) is 5.11. The smallest absolute Gasteiger partial charge is 0.350 e. The lowest BCUT2D eigenvalue weighted by Gasteiger charge is -2.09. The van der Waals surface area contributed by atoms with Gasteiger partial charge >= 0.3 is 5.97 Å². The summed E-state index contributed by atoms with van der Waals surface area (Å²) in [5.74, 6) is -1.28. The largest absolute Gasteiger partial charge is 0.451 e. The summed E-state index contributed by atoms with van der Waals surface area (Å²) in [6.07, 6.45) is 0. The number of fused-ring (bicyclic) bond motifs is 1. The van der Waals surface area contributed by atoms with E-state index in [1.165, 1.54) is 0 Å². The van der Waals surface area contributed by atoms with Crippen molar-refractivity contribution in [2.75, 3.05) is 11.9 Å². The predicted molar refractivity (Wildman–Crippen MR) is 107 cm³/mol. The number of esters is 1. The van der Waals surface area contributed by atoms with E-state index in [1.54, 1.807) is 36.4 Å². The number of para-hydroxylation sites is 1. The highest BCUT2D eigenvalue weighted by molar-refractivity contribution is 7.21. The zero-order valence-electron chi connectivity index (χ0n) is 12.8. The van der Waals surface area contributed by atoms with Crippen molar-refractivity contribution in [3.05, 3.63) is 61.4 Å². The lowest BCUT2D eigenvalue weighted by Crippen LogP contribution is -2.21. The zero-order chi connectivity index (χ0) is 18.8. The molecule has 0 saturated heterocycles. The maximum atomic E-state index is 12.2. The van der Waals surface area contributed by atoms with Crippen LogP contribution in [-0.2, 0) is 9.53 Å². The van der Waals surface area contributed by atoms with Crippen LogP contribution in [0.4, 0.5) is 5.69 Å². The van der Waals surface area contributed by atoms with Gasteiger partial charge in [-0.25, -0.2) is 4.79 Å². The van der Waals surface area contributed by atoms with E-state index < -0.39 is 18.5 Å². The molecular weight excluding hydrogens is 440 g/mol. The molecule has 2 aromatic carbocycles. The fraction of sp³-hybridized carbons (Fsp3) is 0.0588. The predicted octanol–water partition coefficient (Wildman–Crippen LogP) is 6.31. The molecule has 4 nitrogen and oxygen atoms in total. The Kier molecular flexibility index (Phi) is 5.95. The Morgan fingerprint density at radius 2 is 1.73 bits per heavy atom. The van der Waals surface area contributed by atoms with Gasteiger partial charge in [0.1, 0.15) is 4.88 Å². The summed E-state index contributed by atoms with van der Waals surface area (Å²) < 4.78 is 5.79. The molecule has 0 aliphatic carbocycles. The number of amides is 1. The topological polar surface area (TPSA) is 55.4 Å². The Labute approximate surface area is 172 Å². The molecular formula is C17H9Cl4NO3S. The van der Waals surface area contributed by atoms with E-state index in [1.807, 2.05) is 0 Å². The van der Waals surface area contributed by atoms with Crippen molar-refractivity contribution in [3.8, 4) is 0 Å². The standard InChI is InChI=1S/C17H9Cl4NO3S/c18-8-4-5-9-12(6-8)26-16(14(9)21)17(24)25-7-13(23)22-15-10(19)2-1-3-11(15)20/h1-6H,7H2,(H,22,23). The molecule has 1 N–H and O–H groups in total. The number of rotatable bonds is 4. The van der Waals surface area contributed by atoms with Crippen molar-refractivity contribution in [3.63, 3.8) is 0 Å². The van der Waals surface area contributed by atoms with Crippen LogP contribution >= 0.6 is 57.7 Å². The molecule has 0 spiro atoms. The van der Waals surface area contributed by atoms with Gasteiger partial charge in [0, 0.05) is 15.1 Å². The molecule has 1 heterocycles. The number of carbonyl (C=O) groups excluding carboxylic acids is 2. The van der Waals surface area contributed by atoms with Crippen molar-refractivity contribution in [1.29, 1.82) is 0 Å². The van der Waals surface area contributed by atoms with Crippen LogP contribution in [0, 0.1) is 0 Å². The molecule has 3 rings (SSSR count). The van der Waals surface area contributed by atoms with Gasteiger partial charge in [0.15, 0.2) is 6.61 Å².